The van der Waals surface area contributed by atoms with Crippen LogP contribution in [0.4, 0.5) is 5.82 Å². The summed E-state index contributed by atoms with van der Waals surface area (Å²) in [6, 6.07) is 6.45. The average Bonchev–Trinajstić information content (AvgIpc) is 2.54. The molecule has 0 fully saturated rings. The van der Waals surface area contributed by atoms with Gasteiger partial charge in [0.25, 0.3) is 5.91 Å². The van der Waals surface area contributed by atoms with Crippen LogP contribution in [0.3, 0.4) is 0 Å². The Balaban J connectivity index is 1.86. The third-order valence-electron chi connectivity index (χ3n) is 3.27. The second kappa shape index (κ2) is 8.04. The number of carbonyl (C=O) groups excluding carboxylic acids is 1. The van der Waals surface area contributed by atoms with Crippen molar-refractivity contribution < 1.29 is 13.2 Å². The molecular formula is C16H21N5O3S. The van der Waals surface area contributed by atoms with Crippen LogP contribution in [0.15, 0.2) is 41.6 Å². The molecule has 134 valence electrons. The van der Waals surface area contributed by atoms with Crippen LogP contribution >= 0.6 is 0 Å². The lowest BCUT2D eigenvalue weighted by Gasteiger charge is -2.09. The molecule has 1 heterocycles. The van der Waals surface area contributed by atoms with E-state index in [0.717, 1.165) is 5.56 Å². The van der Waals surface area contributed by atoms with Gasteiger partial charge in [-0.05, 0) is 38.0 Å². The highest BCUT2D eigenvalue weighted by Gasteiger charge is 2.09. The highest BCUT2D eigenvalue weighted by Crippen LogP contribution is 2.09. The summed E-state index contributed by atoms with van der Waals surface area (Å²) in [6.07, 6.45) is 3.49. The number of carbonyl (C=O) groups is 1. The van der Waals surface area contributed by atoms with Gasteiger partial charge >= 0.3 is 0 Å². The Labute approximate surface area is 146 Å². The van der Waals surface area contributed by atoms with Gasteiger partial charge in [-0.25, -0.2) is 23.5 Å². The summed E-state index contributed by atoms with van der Waals surface area (Å²) < 4.78 is 22.4. The average molecular weight is 363 g/mol. The standard InChI is InChI=1S/C16H21N5O3S/c1-11(2)21-15-10-19-14(9-20-15)16(22)18-8-7-12-3-5-13(6-4-12)25(17,23)24/h3-6,9-11H,7-8H2,1-2H3,(H,18,22)(H,20,21)(H2,17,23,24). The van der Waals surface area contributed by atoms with E-state index in [1.54, 1.807) is 12.1 Å². The molecule has 0 spiro atoms. The molecule has 9 heteroatoms. The lowest BCUT2D eigenvalue weighted by molar-refractivity contribution is 0.0949. The summed E-state index contributed by atoms with van der Waals surface area (Å²) in [5, 5.41) is 10.9. The van der Waals surface area contributed by atoms with Gasteiger partial charge in [0.05, 0.1) is 17.3 Å². The van der Waals surface area contributed by atoms with Gasteiger partial charge in [0, 0.05) is 12.6 Å². The van der Waals surface area contributed by atoms with Crippen LogP contribution in [0.5, 0.6) is 0 Å². The van der Waals surface area contributed by atoms with E-state index in [-0.39, 0.29) is 22.5 Å². The quantitative estimate of drug-likeness (QED) is 0.671. The number of nitrogens with one attached hydrogen (secondary N) is 2. The highest BCUT2D eigenvalue weighted by atomic mass is 32.2. The van der Waals surface area contributed by atoms with Crippen molar-refractivity contribution in [3.63, 3.8) is 0 Å². The van der Waals surface area contributed by atoms with E-state index in [9.17, 15) is 13.2 Å². The Morgan fingerprint density at radius 2 is 1.84 bits per heavy atom. The van der Waals surface area contributed by atoms with E-state index in [4.69, 9.17) is 5.14 Å². The SMILES string of the molecule is CC(C)Nc1cnc(C(=O)NCCc2ccc(S(N)(=O)=O)cc2)cn1. The fourth-order valence-electron chi connectivity index (χ4n) is 2.07. The number of nitrogens with zero attached hydrogens (tertiary/aromatic N) is 2. The fraction of sp³-hybridized carbons (Fsp3) is 0.312. The Bertz CT molecular complexity index is 818. The maximum absolute atomic E-state index is 12.0. The third-order valence-corrected chi connectivity index (χ3v) is 4.20. The van der Waals surface area contributed by atoms with Crippen molar-refractivity contribution in [1.82, 2.24) is 15.3 Å². The Kier molecular flexibility index (Phi) is 6.05. The largest absolute Gasteiger partial charge is 0.367 e. The Hall–Kier alpha value is -2.52. The zero-order valence-corrected chi connectivity index (χ0v) is 14.9. The molecule has 0 radical (unpaired) electrons. The number of amides is 1. The molecule has 0 atom stereocenters. The maximum Gasteiger partial charge on any atom is 0.271 e. The fourth-order valence-corrected chi connectivity index (χ4v) is 2.59. The molecule has 25 heavy (non-hydrogen) atoms. The predicted octanol–water partition coefficient (Wildman–Crippen LogP) is 0.917. The molecule has 0 aliphatic rings. The topological polar surface area (TPSA) is 127 Å². The van der Waals surface area contributed by atoms with Crippen molar-refractivity contribution >= 4 is 21.7 Å². The zero-order valence-electron chi connectivity index (χ0n) is 14.1. The second-order valence-electron chi connectivity index (χ2n) is 5.78. The summed E-state index contributed by atoms with van der Waals surface area (Å²) >= 11 is 0. The zero-order chi connectivity index (χ0) is 18.4. The van der Waals surface area contributed by atoms with Crippen LogP contribution < -0.4 is 15.8 Å². The van der Waals surface area contributed by atoms with Gasteiger partial charge in [0.15, 0.2) is 0 Å². The van der Waals surface area contributed by atoms with Gasteiger partial charge < -0.3 is 10.6 Å². The minimum Gasteiger partial charge on any atom is -0.367 e. The molecule has 0 aliphatic heterocycles. The lowest BCUT2D eigenvalue weighted by Crippen LogP contribution is -2.26. The monoisotopic (exact) mass is 363 g/mol. The smallest absolute Gasteiger partial charge is 0.271 e. The van der Waals surface area contributed by atoms with Gasteiger partial charge in [0.2, 0.25) is 10.0 Å². The van der Waals surface area contributed by atoms with Crippen LogP contribution in [0.25, 0.3) is 0 Å². The summed E-state index contributed by atoms with van der Waals surface area (Å²) in [6.45, 7) is 4.36. The Morgan fingerprint density at radius 3 is 2.36 bits per heavy atom. The number of nitrogens with two attached hydrogens (primary N) is 1. The summed E-state index contributed by atoms with van der Waals surface area (Å²) in [4.78, 5) is 20.3. The number of rotatable bonds is 7. The number of benzene rings is 1. The first-order valence-corrected chi connectivity index (χ1v) is 9.29. The molecule has 8 nitrogen and oxygen atoms in total. The second-order valence-corrected chi connectivity index (χ2v) is 7.34. The molecule has 0 saturated carbocycles. The molecule has 2 aromatic rings. The van der Waals surface area contributed by atoms with Crippen LogP contribution in [-0.4, -0.2) is 36.9 Å². The first kappa shape index (κ1) is 18.8. The number of sulfonamides is 1. The molecule has 0 saturated heterocycles. The molecular weight excluding hydrogens is 342 g/mol. The van der Waals surface area contributed by atoms with Crippen LogP contribution in [0.2, 0.25) is 0 Å². The van der Waals surface area contributed by atoms with Crippen molar-refractivity contribution in [3.8, 4) is 0 Å². The van der Waals surface area contributed by atoms with Gasteiger partial charge in [0.1, 0.15) is 11.5 Å². The number of hydrogen-bond donors (Lipinski definition) is 3. The first-order chi connectivity index (χ1) is 11.8. The number of aromatic nitrogens is 2. The number of primary sulfonamides is 1. The molecule has 0 unspecified atom stereocenters. The summed E-state index contributed by atoms with van der Waals surface area (Å²) in [7, 11) is -3.69. The number of anilines is 1. The minimum atomic E-state index is -3.69. The van der Waals surface area contributed by atoms with E-state index in [1.165, 1.54) is 24.5 Å². The normalized spacial score (nSPS) is 11.4. The van der Waals surface area contributed by atoms with Crippen LogP contribution in [0.1, 0.15) is 29.9 Å². The molecule has 1 aromatic carbocycles. The van der Waals surface area contributed by atoms with E-state index in [1.807, 2.05) is 13.8 Å². The van der Waals surface area contributed by atoms with Crippen molar-refractivity contribution in [2.45, 2.75) is 31.2 Å². The number of hydrogen-bond acceptors (Lipinski definition) is 6. The Morgan fingerprint density at radius 1 is 1.16 bits per heavy atom. The van der Waals surface area contributed by atoms with E-state index in [0.29, 0.717) is 18.8 Å². The molecule has 1 aromatic heterocycles. The van der Waals surface area contributed by atoms with Crippen LogP contribution in [-0.2, 0) is 16.4 Å². The molecule has 4 N–H and O–H groups in total. The van der Waals surface area contributed by atoms with Crippen molar-refractivity contribution in [2.24, 2.45) is 5.14 Å². The molecule has 0 aliphatic carbocycles. The van der Waals surface area contributed by atoms with Crippen molar-refractivity contribution in [1.29, 1.82) is 0 Å². The van der Waals surface area contributed by atoms with Crippen LogP contribution in [0, 0.1) is 0 Å². The summed E-state index contributed by atoms with van der Waals surface area (Å²) in [5.41, 5.74) is 1.12. The van der Waals surface area contributed by atoms with E-state index >= 15 is 0 Å². The van der Waals surface area contributed by atoms with Gasteiger partial charge in [-0.1, -0.05) is 12.1 Å². The summed E-state index contributed by atoms with van der Waals surface area (Å²) in [5.74, 6) is 0.297. The minimum absolute atomic E-state index is 0.0608. The molecule has 0 bridgehead atoms. The van der Waals surface area contributed by atoms with E-state index < -0.39 is 10.0 Å². The lowest BCUT2D eigenvalue weighted by atomic mass is 10.1. The van der Waals surface area contributed by atoms with Gasteiger partial charge in [-0.2, -0.15) is 0 Å². The van der Waals surface area contributed by atoms with Crippen molar-refractivity contribution in [3.05, 3.63) is 47.9 Å². The van der Waals surface area contributed by atoms with Gasteiger partial charge in [-0.15, -0.1) is 0 Å². The highest BCUT2D eigenvalue weighted by molar-refractivity contribution is 7.89. The first-order valence-electron chi connectivity index (χ1n) is 7.74. The van der Waals surface area contributed by atoms with Crippen molar-refractivity contribution in [2.75, 3.05) is 11.9 Å². The third kappa shape index (κ3) is 5.80. The maximum atomic E-state index is 12.0. The molecule has 1 amide bonds. The predicted molar refractivity (Wildman–Crippen MR) is 94.6 cm³/mol. The van der Waals surface area contributed by atoms with E-state index in [2.05, 4.69) is 20.6 Å². The van der Waals surface area contributed by atoms with Gasteiger partial charge in [-0.3, -0.25) is 4.79 Å². The molecule has 2 rings (SSSR count).